The zero-order valence-corrected chi connectivity index (χ0v) is 10.9. The fraction of sp³-hybridized carbons (Fsp3) is 0.308. The maximum atomic E-state index is 11.7. The number of nitriles is 1. The Kier molecular flexibility index (Phi) is 6.41. The lowest BCUT2D eigenvalue weighted by Gasteiger charge is -2.16. The van der Waals surface area contributed by atoms with Gasteiger partial charge in [-0.1, -0.05) is 30.3 Å². The second-order valence-electron chi connectivity index (χ2n) is 3.71. The molecule has 6 heteroatoms. The summed E-state index contributed by atoms with van der Waals surface area (Å²) in [5.41, 5.74) is 0.872. The van der Waals surface area contributed by atoms with Gasteiger partial charge in [0.15, 0.2) is 6.61 Å². The van der Waals surface area contributed by atoms with E-state index in [1.807, 2.05) is 30.3 Å². The summed E-state index contributed by atoms with van der Waals surface area (Å²) in [7, 11) is 0. The summed E-state index contributed by atoms with van der Waals surface area (Å²) in [5.74, 6) is -1.35. The highest BCUT2D eigenvalue weighted by atomic mass is 35.5. The number of amides is 1. The van der Waals surface area contributed by atoms with E-state index in [1.165, 1.54) is 0 Å². The van der Waals surface area contributed by atoms with Crippen LogP contribution >= 0.6 is 11.6 Å². The maximum Gasteiger partial charge on any atom is 0.330 e. The Balaban J connectivity index is 2.71. The average molecular weight is 281 g/mol. The minimum atomic E-state index is -0.845. The zero-order valence-electron chi connectivity index (χ0n) is 10.1. The fourth-order valence-electron chi connectivity index (χ4n) is 1.48. The third-order valence-corrected chi connectivity index (χ3v) is 2.55. The van der Waals surface area contributed by atoms with Crippen molar-refractivity contribution in [3.05, 3.63) is 35.9 Å². The minimum Gasteiger partial charge on any atom is -0.449 e. The van der Waals surface area contributed by atoms with Gasteiger partial charge in [-0.25, -0.2) is 4.79 Å². The SMILES string of the molecule is N#CCOC(=O)[C@@H](Cc1ccccc1)NC(=O)CCl. The number of ether oxygens (including phenoxy) is 1. The number of halogens is 1. The van der Waals surface area contributed by atoms with Gasteiger partial charge >= 0.3 is 5.97 Å². The van der Waals surface area contributed by atoms with E-state index in [1.54, 1.807) is 6.07 Å². The van der Waals surface area contributed by atoms with Crippen molar-refractivity contribution in [3.8, 4) is 6.07 Å². The van der Waals surface area contributed by atoms with Gasteiger partial charge in [0.25, 0.3) is 0 Å². The number of hydrogen-bond acceptors (Lipinski definition) is 4. The summed E-state index contributed by atoms with van der Waals surface area (Å²) in [4.78, 5) is 23.0. The third-order valence-electron chi connectivity index (χ3n) is 2.30. The normalized spacial score (nSPS) is 11.2. The second-order valence-corrected chi connectivity index (χ2v) is 3.98. The van der Waals surface area contributed by atoms with Crippen molar-refractivity contribution in [2.45, 2.75) is 12.5 Å². The number of alkyl halides is 1. The van der Waals surface area contributed by atoms with Crippen LogP contribution in [0.4, 0.5) is 0 Å². The number of esters is 1. The zero-order chi connectivity index (χ0) is 14.1. The van der Waals surface area contributed by atoms with Crippen LogP contribution in [0.1, 0.15) is 5.56 Å². The number of rotatable bonds is 6. The van der Waals surface area contributed by atoms with Gasteiger partial charge in [-0.2, -0.15) is 5.26 Å². The number of benzene rings is 1. The lowest BCUT2D eigenvalue weighted by molar-refractivity contribution is -0.146. The van der Waals surface area contributed by atoms with Crippen molar-refractivity contribution in [2.24, 2.45) is 0 Å². The molecule has 1 atom stereocenters. The molecule has 100 valence electrons. The van der Waals surface area contributed by atoms with Crippen molar-refractivity contribution < 1.29 is 14.3 Å². The first-order valence-electron chi connectivity index (χ1n) is 5.60. The summed E-state index contributed by atoms with van der Waals surface area (Å²) in [6.45, 7) is -0.346. The predicted molar refractivity (Wildman–Crippen MR) is 69.4 cm³/mol. The third kappa shape index (κ3) is 5.40. The quantitative estimate of drug-likeness (QED) is 0.623. The fourth-order valence-corrected chi connectivity index (χ4v) is 1.56. The van der Waals surface area contributed by atoms with Gasteiger partial charge in [-0.15, -0.1) is 11.6 Å². The van der Waals surface area contributed by atoms with Gasteiger partial charge in [0.05, 0.1) is 0 Å². The van der Waals surface area contributed by atoms with Gasteiger partial charge in [-0.05, 0) is 5.56 Å². The van der Waals surface area contributed by atoms with Gasteiger partial charge in [0.2, 0.25) is 5.91 Å². The monoisotopic (exact) mass is 280 g/mol. The van der Waals surface area contributed by atoms with Gasteiger partial charge < -0.3 is 10.1 Å². The largest absolute Gasteiger partial charge is 0.449 e. The van der Waals surface area contributed by atoms with Gasteiger partial charge in [0.1, 0.15) is 18.0 Å². The van der Waals surface area contributed by atoms with Crippen LogP contribution in [0.2, 0.25) is 0 Å². The molecule has 0 bridgehead atoms. The van der Waals surface area contributed by atoms with Crippen LogP contribution < -0.4 is 5.32 Å². The summed E-state index contributed by atoms with van der Waals surface area (Å²) in [6.07, 6.45) is 0.285. The van der Waals surface area contributed by atoms with E-state index in [4.69, 9.17) is 21.6 Å². The summed E-state index contributed by atoms with van der Waals surface area (Å²) in [6, 6.07) is 10.0. The Labute approximate surface area is 116 Å². The Bertz CT molecular complexity index is 471. The molecule has 0 aliphatic heterocycles. The standard InChI is InChI=1S/C13H13ClN2O3/c14-9-12(17)16-11(13(18)19-7-6-15)8-10-4-2-1-3-5-10/h1-5,11H,7-9H2,(H,16,17)/t11-/m1/s1. The van der Waals surface area contributed by atoms with Crippen LogP contribution in [-0.4, -0.2) is 30.4 Å². The van der Waals surface area contributed by atoms with E-state index >= 15 is 0 Å². The molecule has 0 aromatic heterocycles. The van der Waals surface area contributed by atoms with Crippen LogP contribution in [0.15, 0.2) is 30.3 Å². The Morgan fingerprint density at radius 3 is 2.63 bits per heavy atom. The highest BCUT2D eigenvalue weighted by Gasteiger charge is 2.22. The van der Waals surface area contributed by atoms with Crippen LogP contribution in [0.25, 0.3) is 0 Å². The molecule has 19 heavy (non-hydrogen) atoms. The van der Waals surface area contributed by atoms with Gasteiger partial charge in [-0.3, -0.25) is 4.79 Å². The molecule has 0 spiro atoms. The Morgan fingerprint density at radius 1 is 1.37 bits per heavy atom. The highest BCUT2D eigenvalue weighted by molar-refractivity contribution is 6.27. The molecule has 0 fully saturated rings. The predicted octanol–water partition coefficient (Wildman–Crippen LogP) is 1.02. The second kappa shape index (κ2) is 8.11. The number of carbonyl (C=O) groups is 2. The topological polar surface area (TPSA) is 79.2 Å². The van der Waals surface area contributed by atoms with Crippen LogP contribution in [-0.2, 0) is 20.7 Å². The summed E-state index contributed by atoms with van der Waals surface area (Å²) in [5, 5.41) is 10.8. The molecule has 1 aromatic carbocycles. The average Bonchev–Trinajstić information content (AvgIpc) is 2.44. The Morgan fingerprint density at radius 2 is 2.05 bits per heavy atom. The molecule has 5 nitrogen and oxygen atoms in total. The molecular formula is C13H13ClN2O3. The number of hydrogen-bond donors (Lipinski definition) is 1. The first-order valence-corrected chi connectivity index (χ1v) is 6.13. The van der Waals surface area contributed by atoms with Crippen LogP contribution in [0, 0.1) is 11.3 Å². The van der Waals surface area contributed by atoms with E-state index in [2.05, 4.69) is 5.32 Å². The molecule has 1 rings (SSSR count). The lowest BCUT2D eigenvalue weighted by atomic mass is 10.1. The molecular weight excluding hydrogens is 268 g/mol. The molecule has 0 heterocycles. The first kappa shape index (κ1) is 15.0. The molecule has 1 N–H and O–H groups in total. The molecule has 1 aromatic rings. The van der Waals surface area contributed by atoms with E-state index in [0.29, 0.717) is 0 Å². The first-order chi connectivity index (χ1) is 9.17. The number of nitrogens with one attached hydrogen (secondary N) is 1. The van der Waals surface area contributed by atoms with Crippen molar-refractivity contribution in [1.82, 2.24) is 5.32 Å². The van der Waals surface area contributed by atoms with E-state index in [-0.39, 0.29) is 18.9 Å². The molecule has 1 amide bonds. The van der Waals surface area contributed by atoms with Crippen molar-refractivity contribution in [3.63, 3.8) is 0 Å². The van der Waals surface area contributed by atoms with Crippen molar-refractivity contribution in [1.29, 1.82) is 5.26 Å². The van der Waals surface area contributed by atoms with Crippen LogP contribution in [0.3, 0.4) is 0 Å². The van der Waals surface area contributed by atoms with Crippen LogP contribution in [0.5, 0.6) is 0 Å². The van der Waals surface area contributed by atoms with Gasteiger partial charge in [0, 0.05) is 6.42 Å². The Hall–Kier alpha value is -2.06. The molecule has 0 saturated carbocycles. The maximum absolute atomic E-state index is 11.7. The van der Waals surface area contributed by atoms with Crippen molar-refractivity contribution in [2.75, 3.05) is 12.5 Å². The molecule has 0 aliphatic rings. The lowest BCUT2D eigenvalue weighted by Crippen LogP contribution is -2.44. The summed E-state index contributed by atoms with van der Waals surface area (Å²) >= 11 is 5.39. The smallest absolute Gasteiger partial charge is 0.330 e. The molecule has 0 radical (unpaired) electrons. The molecule has 0 unspecified atom stereocenters. The van der Waals surface area contributed by atoms with E-state index in [0.717, 1.165) is 5.56 Å². The number of nitrogens with zero attached hydrogens (tertiary/aromatic N) is 1. The number of carbonyl (C=O) groups excluding carboxylic acids is 2. The van der Waals surface area contributed by atoms with Crippen molar-refractivity contribution >= 4 is 23.5 Å². The van der Waals surface area contributed by atoms with E-state index < -0.39 is 17.9 Å². The molecule has 0 aliphatic carbocycles. The highest BCUT2D eigenvalue weighted by Crippen LogP contribution is 2.05. The summed E-state index contributed by atoms with van der Waals surface area (Å²) < 4.78 is 4.71. The minimum absolute atomic E-state index is 0.239. The molecule has 0 saturated heterocycles. The van der Waals surface area contributed by atoms with E-state index in [9.17, 15) is 9.59 Å².